The quantitative estimate of drug-likeness (QED) is 0.235. The Morgan fingerprint density at radius 2 is 1.87 bits per heavy atom. The monoisotopic (exact) mass is 614 g/mol. The van der Waals surface area contributed by atoms with E-state index in [4.69, 9.17) is 9.51 Å². The lowest BCUT2D eigenvalue weighted by molar-refractivity contribution is 0.0174. The van der Waals surface area contributed by atoms with Crippen molar-refractivity contribution in [2.24, 2.45) is 0 Å². The number of alkyl halides is 2. The van der Waals surface area contributed by atoms with Gasteiger partial charge in [-0.1, -0.05) is 17.3 Å². The summed E-state index contributed by atoms with van der Waals surface area (Å²) in [7, 11) is 1.79. The highest BCUT2D eigenvalue weighted by Crippen LogP contribution is 2.35. The van der Waals surface area contributed by atoms with E-state index >= 15 is 0 Å². The van der Waals surface area contributed by atoms with Gasteiger partial charge >= 0.3 is 0 Å². The first-order valence-corrected chi connectivity index (χ1v) is 14.6. The van der Waals surface area contributed by atoms with E-state index in [0.717, 1.165) is 42.7 Å². The molecule has 0 saturated carbocycles. The highest BCUT2D eigenvalue weighted by molar-refractivity contribution is 6.04. The molecule has 6 rings (SSSR count). The SMILES string of the molecule is CNc1nccn2c(C3CCCN(C(=O)c4c(C)noc4C)C3)nc(-c3ccc(C(=O)Nc4cc(C(C)(F)F)ccn4)cc3)c12. The van der Waals surface area contributed by atoms with Crippen molar-refractivity contribution >= 4 is 29.0 Å². The van der Waals surface area contributed by atoms with Crippen LogP contribution in [0.3, 0.4) is 0 Å². The van der Waals surface area contributed by atoms with Crippen LogP contribution in [0.1, 0.15) is 69.2 Å². The van der Waals surface area contributed by atoms with E-state index in [1.54, 1.807) is 51.4 Å². The first-order chi connectivity index (χ1) is 21.5. The van der Waals surface area contributed by atoms with Gasteiger partial charge in [0.25, 0.3) is 17.7 Å². The Hall–Kier alpha value is -5.20. The summed E-state index contributed by atoms with van der Waals surface area (Å²) in [5.41, 5.74) is 3.35. The second-order valence-electron chi connectivity index (χ2n) is 11.2. The minimum absolute atomic E-state index is 0.0342. The summed E-state index contributed by atoms with van der Waals surface area (Å²) in [4.78, 5) is 41.8. The fraction of sp³-hybridized carbons (Fsp3) is 0.312. The molecule has 1 aromatic carbocycles. The second kappa shape index (κ2) is 11.7. The number of hydrogen-bond donors (Lipinski definition) is 2. The molecule has 11 nitrogen and oxygen atoms in total. The number of piperidine rings is 1. The Labute approximate surface area is 257 Å². The molecule has 5 aromatic rings. The van der Waals surface area contributed by atoms with E-state index in [-0.39, 0.29) is 23.2 Å². The van der Waals surface area contributed by atoms with Crippen molar-refractivity contribution in [3.05, 3.63) is 89.0 Å². The summed E-state index contributed by atoms with van der Waals surface area (Å²) in [6, 6.07) is 9.23. The number of aryl methyl sites for hydroxylation is 2. The Kier molecular flexibility index (Phi) is 7.77. The maximum atomic E-state index is 13.7. The number of pyridine rings is 1. The van der Waals surface area contributed by atoms with E-state index in [0.29, 0.717) is 47.2 Å². The topological polar surface area (TPSA) is 131 Å². The predicted octanol–water partition coefficient (Wildman–Crippen LogP) is 5.82. The van der Waals surface area contributed by atoms with Crippen molar-refractivity contribution in [1.29, 1.82) is 0 Å². The molecule has 0 bridgehead atoms. The molecule has 2 amide bonds. The number of aromatic nitrogens is 5. The van der Waals surface area contributed by atoms with Crippen LogP contribution in [0.15, 0.2) is 59.5 Å². The molecule has 232 valence electrons. The molecule has 1 fully saturated rings. The van der Waals surface area contributed by atoms with Gasteiger partial charge < -0.3 is 20.1 Å². The van der Waals surface area contributed by atoms with Gasteiger partial charge in [-0.25, -0.2) is 23.7 Å². The van der Waals surface area contributed by atoms with Gasteiger partial charge in [-0.05, 0) is 51.0 Å². The van der Waals surface area contributed by atoms with Gasteiger partial charge in [0.2, 0.25) is 0 Å². The Balaban J connectivity index is 1.29. The van der Waals surface area contributed by atoms with Crippen LogP contribution in [-0.4, -0.2) is 61.4 Å². The number of carbonyl (C=O) groups is 2. The molecule has 0 spiro atoms. The summed E-state index contributed by atoms with van der Waals surface area (Å²) >= 11 is 0. The number of amides is 2. The van der Waals surface area contributed by atoms with Crippen LogP contribution in [0.5, 0.6) is 0 Å². The van der Waals surface area contributed by atoms with Crippen LogP contribution in [0.25, 0.3) is 16.8 Å². The molecule has 1 unspecified atom stereocenters. The number of carbonyl (C=O) groups excluding carboxylic acids is 2. The molecular weight excluding hydrogens is 582 g/mol. The zero-order chi connectivity index (χ0) is 31.9. The molecule has 4 aromatic heterocycles. The van der Waals surface area contributed by atoms with Gasteiger partial charge in [0.15, 0.2) is 5.82 Å². The van der Waals surface area contributed by atoms with E-state index in [2.05, 4.69) is 25.8 Å². The zero-order valence-electron chi connectivity index (χ0n) is 25.3. The third kappa shape index (κ3) is 5.73. The highest BCUT2D eigenvalue weighted by Gasteiger charge is 2.32. The van der Waals surface area contributed by atoms with Crippen molar-refractivity contribution in [3.8, 4) is 11.3 Å². The van der Waals surface area contributed by atoms with Gasteiger partial charge in [0.05, 0.1) is 5.69 Å². The average molecular weight is 615 g/mol. The highest BCUT2D eigenvalue weighted by atomic mass is 19.3. The first kappa shape index (κ1) is 29.9. The van der Waals surface area contributed by atoms with Crippen molar-refractivity contribution in [2.45, 2.75) is 45.5 Å². The summed E-state index contributed by atoms with van der Waals surface area (Å²) in [6.45, 7) is 5.41. The average Bonchev–Trinajstić information content (AvgIpc) is 3.60. The number of imidazole rings is 1. The lowest BCUT2D eigenvalue weighted by Crippen LogP contribution is -2.40. The normalized spacial score (nSPS) is 15.3. The number of anilines is 2. The Morgan fingerprint density at radius 3 is 2.56 bits per heavy atom. The van der Waals surface area contributed by atoms with Crippen LogP contribution >= 0.6 is 0 Å². The fourth-order valence-corrected chi connectivity index (χ4v) is 5.79. The van der Waals surface area contributed by atoms with Crippen LogP contribution in [0.4, 0.5) is 20.4 Å². The summed E-state index contributed by atoms with van der Waals surface area (Å²) < 4.78 is 34.7. The molecule has 1 atom stereocenters. The van der Waals surface area contributed by atoms with E-state index in [9.17, 15) is 18.4 Å². The largest absolute Gasteiger partial charge is 0.371 e. The first-order valence-electron chi connectivity index (χ1n) is 14.6. The molecule has 5 heterocycles. The molecule has 0 aliphatic carbocycles. The smallest absolute Gasteiger partial charge is 0.270 e. The second-order valence-corrected chi connectivity index (χ2v) is 11.2. The summed E-state index contributed by atoms with van der Waals surface area (Å²) in [5.74, 6) is -1.72. The van der Waals surface area contributed by atoms with Crippen molar-refractivity contribution in [3.63, 3.8) is 0 Å². The fourth-order valence-electron chi connectivity index (χ4n) is 5.79. The van der Waals surface area contributed by atoms with Gasteiger partial charge in [-0.15, -0.1) is 0 Å². The third-order valence-corrected chi connectivity index (χ3v) is 8.07. The van der Waals surface area contributed by atoms with Crippen molar-refractivity contribution in [2.75, 3.05) is 30.8 Å². The molecule has 45 heavy (non-hydrogen) atoms. The minimum atomic E-state index is -3.06. The minimum Gasteiger partial charge on any atom is -0.371 e. The van der Waals surface area contributed by atoms with E-state index < -0.39 is 11.8 Å². The standard InChI is InChI=1S/C32H32F2N8O3/c1-18-25(19(2)45-40-18)31(44)41-14-5-6-22(17-41)29-39-26(27-28(35-4)37-13-15-42(27)29)20-7-9-21(10-8-20)30(43)38-24-16-23(11-12-36-24)32(3,33)34/h7-13,15-16,22H,5-6,14,17H2,1-4H3,(H,35,37)(H,36,38,43). The number of halogens is 2. The lowest BCUT2D eigenvalue weighted by Gasteiger charge is -2.32. The number of hydrogen-bond acceptors (Lipinski definition) is 8. The third-order valence-electron chi connectivity index (χ3n) is 8.07. The van der Waals surface area contributed by atoms with Gasteiger partial charge in [0.1, 0.15) is 34.2 Å². The van der Waals surface area contributed by atoms with E-state index in [1.807, 2.05) is 15.5 Å². The predicted molar refractivity (Wildman–Crippen MR) is 164 cm³/mol. The Morgan fingerprint density at radius 1 is 1.09 bits per heavy atom. The molecular formula is C32H32F2N8O3. The molecule has 13 heteroatoms. The van der Waals surface area contributed by atoms with E-state index in [1.165, 1.54) is 12.3 Å². The van der Waals surface area contributed by atoms with Crippen LogP contribution in [0.2, 0.25) is 0 Å². The van der Waals surface area contributed by atoms with Crippen molar-refractivity contribution < 1.29 is 22.9 Å². The number of likely N-dealkylation sites (tertiary alicyclic amines) is 1. The number of benzene rings is 1. The lowest BCUT2D eigenvalue weighted by atomic mass is 9.96. The zero-order valence-corrected chi connectivity index (χ0v) is 25.3. The van der Waals surface area contributed by atoms with Crippen molar-refractivity contribution in [1.82, 2.24) is 29.4 Å². The number of fused-ring (bicyclic) bond motifs is 1. The Bertz CT molecular complexity index is 1880. The van der Waals surface area contributed by atoms with Gasteiger partial charge in [-0.2, -0.15) is 0 Å². The number of rotatable bonds is 7. The summed E-state index contributed by atoms with van der Waals surface area (Å²) in [5, 5.41) is 9.69. The van der Waals surface area contributed by atoms with Crippen LogP contribution in [-0.2, 0) is 5.92 Å². The van der Waals surface area contributed by atoms with Gasteiger partial charge in [-0.3, -0.25) is 14.0 Å². The molecule has 0 radical (unpaired) electrons. The maximum Gasteiger partial charge on any atom is 0.270 e. The van der Waals surface area contributed by atoms with Gasteiger partial charge in [0, 0.05) is 68.3 Å². The van der Waals surface area contributed by atoms with Crippen LogP contribution in [0, 0.1) is 13.8 Å². The molecule has 2 N–H and O–H groups in total. The number of nitrogens with zero attached hydrogens (tertiary/aromatic N) is 6. The molecule has 1 aliphatic heterocycles. The maximum absolute atomic E-state index is 13.7. The molecule has 1 aliphatic rings. The summed E-state index contributed by atoms with van der Waals surface area (Å²) in [6.07, 6.45) is 6.46. The van der Waals surface area contributed by atoms with Crippen LogP contribution < -0.4 is 10.6 Å². The number of nitrogens with one attached hydrogen (secondary N) is 2. The molecule has 1 saturated heterocycles.